The third-order valence-electron chi connectivity index (χ3n) is 4.60. The number of halogens is 1. The van der Waals surface area contributed by atoms with E-state index >= 15 is 0 Å². The van der Waals surface area contributed by atoms with Gasteiger partial charge in [0.05, 0.1) is 12.7 Å². The van der Waals surface area contributed by atoms with Crippen LogP contribution in [0.2, 0.25) is 5.02 Å². The maximum absolute atomic E-state index is 12.3. The fourth-order valence-electron chi connectivity index (χ4n) is 3.37. The number of hydrogen-bond acceptors (Lipinski definition) is 2. The zero-order valence-electron chi connectivity index (χ0n) is 13.3. The number of amides is 1. The fraction of sp³-hybridized carbons (Fsp3) is 0.250. The molecule has 1 aromatic heterocycles. The minimum absolute atomic E-state index is 0.0156. The van der Waals surface area contributed by atoms with Crippen molar-refractivity contribution in [3.8, 4) is 0 Å². The SMILES string of the molecule is O=C(Cc1coc2cc3c(cc12)CCC3)NCc1cccc(Cl)c1. The summed E-state index contributed by atoms with van der Waals surface area (Å²) in [6, 6.07) is 11.8. The normalized spacial score (nSPS) is 13.2. The number of hydrogen-bond donors (Lipinski definition) is 1. The van der Waals surface area contributed by atoms with E-state index in [2.05, 4.69) is 17.4 Å². The van der Waals surface area contributed by atoms with Gasteiger partial charge in [0.25, 0.3) is 0 Å². The van der Waals surface area contributed by atoms with Crippen molar-refractivity contribution >= 4 is 28.5 Å². The van der Waals surface area contributed by atoms with Crippen LogP contribution in [0.3, 0.4) is 0 Å². The zero-order chi connectivity index (χ0) is 16.5. The largest absolute Gasteiger partial charge is 0.464 e. The first-order chi connectivity index (χ1) is 11.7. The quantitative estimate of drug-likeness (QED) is 0.763. The fourth-order valence-corrected chi connectivity index (χ4v) is 3.58. The molecule has 4 heteroatoms. The van der Waals surface area contributed by atoms with E-state index in [9.17, 15) is 4.79 Å². The van der Waals surface area contributed by atoms with Crippen LogP contribution in [0.25, 0.3) is 11.0 Å². The number of fused-ring (bicyclic) bond motifs is 2. The summed E-state index contributed by atoms with van der Waals surface area (Å²) < 4.78 is 5.66. The summed E-state index contributed by atoms with van der Waals surface area (Å²) in [7, 11) is 0. The van der Waals surface area contributed by atoms with E-state index in [1.165, 1.54) is 17.5 Å². The predicted molar refractivity (Wildman–Crippen MR) is 95.2 cm³/mol. The van der Waals surface area contributed by atoms with Crippen molar-refractivity contribution in [3.05, 3.63) is 69.9 Å². The molecule has 1 heterocycles. The summed E-state index contributed by atoms with van der Waals surface area (Å²) in [4.78, 5) is 12.3. The highest BCUT2D eigenvalue weighted by Crippen LogP contribution is 2.30. The number of aryl methyl sites for hydroxylation is 2. The van der Waals surface area contributed by atoms with E-state index in [1.54, 1.807) is 6.26 Å². The van der Waals surface area contributed by atoms with E-state index in [0.717, 1.165) is 34.9 Å². The summed E-state index contributed by atoms with van der Waals surface area (Å²) in [5.74, 6) is -0.0156. The van der Waals surface area contributed by atoms with Gasteiger partial charge in [0, 0.05) is 22.5 Å². The third kappa shape index (κ3) is 3.04. The van der Waals surface area contributed by atoms with Crippen molar-refractivity contribution in [1.29, 1.82) is 0 Å². The molecule has 3 aromatic rings. The van der Waals surface area contributed by atoms with Crippen LogP contribution in [0.1, 0.15) is 28.7 Å². The Hall–Kier alpha value is -2.26. The second-order valence-electron chi connectivity index (χ2n) is 6.31. The number of nitrogens with one attached hydrogen (secondary N) is 1. The van der Waals surface area contributed by atoms with Gasteiger partial charge < -0.3 is 9.73 Å². The first-order valence-electron chi connectivity index (χ1n) is 8.22. The van der Waals surface area contributed by atoms with Gasteiger partial charge in [-0.1, -0.05) is 23.7 Å². The molecule has 122 valence electrons. The monoisotopic (exact) mass is 339 g/mol. The minimum Gasteiger partial charge on any atom is -0.464 e. The average molecular weight is 340 g/mol. The molecule has 0 bridgehead atoms. The van der Waals surface area contributed by atoms with Crippen LogP contribution in [0, 0.1) is 0 Å². The molecule has 1 aliphatic carbocycles. The summed E-state index contributed by atoms with van der Waals surface area (Å²) in [5, 5.41) is 4.68. The standard InChI is InChI=1S/C20H18ClNO2/c21-17-6-1-3-13(7-17)11-22-20(23)10-16-12-24-19-9-15-5-2-4-14(15)8-18(16)19/h1,3,6-9,12H,2,4-5,10-11H2,(H,22,23). The molecule has 0 aliphatic heterocycles. The van der Waals surface area contributed by atoms with Gasteiger partial charge in [-0.2, -0.15) is 0 Å². The van der Waals surface area contributed by atoms with E-state index < -0.39 is 0 Å². The topological polar surface area (TPSA) is 42.2 Å². The molecule has 2 aromatic carbocycles. The predicted octanol–water partition coefficient (Wildman–Crippen LogP) is 4.43. The van der Waals surface area contributed by atoms with Gasteiger partial charge in [-0.15, -0.1) is 0 Å². The minimum atomic E-state index is -0.0156. The molecule has 1 aliphatic rings. The summed E-state index contributed by atoms with van der Waals surface area (Å²) >= 11 is 5.96. The van der Waals surface area contributed by atoms with Gasteiger partial charge >= 0.3 is 0 Å². The lowest BCUT2D eigenvalue weighted by Gasteiger charge is -2.05. The molecule has 24 heavy (non-hydrogen) atoms. The van der Waals surface area contributed by atoms with Crippen LogP contribution >= 0.6 is 11.6 Å². The lowest BCUT2D eigenvalue weighted by molar-refractivity contribution is -0.120. The molecule has 0 atom stereocenters. The molecular formula is C20H18ClNO2. The maximum atomic E-state index is 12.3. The summed E-state index contributed by atoms with van der Waals surface area (Å²) in [5.41, 5.74) is 5.60. The van der Waals surface area contributed by atoms with Crippen molar-refractivity contribution in [2.45, 2.75) is 32.2 Å². The highest BCUT2D eigenvalue weighted by atomic mass is 35.5. The Kier molecular flexibility index (Phi) is 4.03. The molecule has 4 rings (SSSR count). The Balaban J connectivity index is 1.47. The van der Waals surface area contributed by atoms with Gasteiger partial charge in [0.1, 0.15) is 5.58 Å². The Morgan fingerprint density at radius 2 is 2.00 bits per heavy atom. The number of carbonyl (C=O) groups is 1. The van der Waals surface area contributed by atoms with Crippen LogP contribution in [-0.2, 0) is 30.6 Å². The zero-order valence-corrected chi connectivity index (χ0v) is 14.0. The van der Waals surface area contributed by atoms with Gasteiger partial charge in [0.2, 0.25) is 5.91 Å². The Bertz CT molecular complexity index is 913. The molecule has 0 saturated carbocycles. The Morgan fingerprint density at radius 3 is 2.83 bits per heavy atom. The van der Waals surface area contributed by atoms with Gasteiger partial charge in [-0.3, -0.25) is 4.79 Å². The molecule has 0 spiro atoms. The van der Waals surface area contributed by atoms with Crippen LogP contribution in [0.15, 0.2) is 47.1 Å². The van der Waals surface area contributed by atoms with Crippen molar-refractivity contribution in [1.82, 2.24) is 5.32 Å². The number of furan rings is 1. The van der Waals surface area contributed by atoms with Crippen molar-refractivity contribution < 1.29 is 9.21 Å². The molecular weight excluding hydrogens is 322 g/mol. The van der Waals surface area contributed by atoms with Gasteiger partial charge in [-0.05, 0) is 60.2 Å². The van der Waals surface area contributed by atoms with E-state index in [-0.39, 0.29) is 5.91 Å². The van der Waals surface area contributed by atoms with Crippen LogP contribution in [0.4, 0.5) is 0 Å². The van der Waals surface area contributed by atoms with Crippen LogP contribution in [0.5, 0.6) is 0 Å². The Labute approximate surface area is 145 Å². The third-order valence-corrected chi connectivity index (χ3v) is 4.83. The van der Waals surface area contributed by atoms with Gasteiger partial charge in [0.15, 0.2) is 0 Å². The highest BCUT2D eigenvalue weighted by Gasteiger charge is 2.16. The number of carbonyl (C=O) groups excluding carboxylic acids is 1. The lowest BCUT2D eigenvalue weighted by atomic mass is 10.0. The molecule has 1 amide bonds. The maximum Gasteiger partial charge on any atom is 0.224 e. The molecule has 0 saturated heterocycles. The highest BCUT2D eigenvalue weighted by molar-refractivity contribution is 6.30. The van der Waals surface area contributed by atoms with E-state index in [4.69, 9.17) is 16.0 Å². The lowest BCUT2D eigenvalue weighted by Crippen LogP contribution is -2.24. The first-order valence-corrected chi connectivity index (χ1v) is 8.60. The van der Waals surface area contributed by atoms with Gasteiger partial charge in [-0.25, -0.2) is 0 Å². The molecule has 3 nitrogen and oxygen atoms in total. The second kappa shape index (κ2) is 6.33. The number of rotatable bonds is 4. The Morgan fingerprint density at radius 1 is 1.17 bits per heavy atom. The van der Waals surface area contributed by atoms with E-state index in [1.807, 2.05) is 24.3 Å². The second-order valence-corrected chi connectivity index (χ2v) is 6.75. The average Bonchev–Trinajstić information content (AvgIpc) is 3.18. The first kappa shape index (κ1) is 15.3. The van der Waals surface area contributed by atoms with Crippen molar-refractivity contribution in [3.63, 3.8) is 0 Å². The van der Waals surface area contributed by atoms with Crippen molar-refractivity contribution in [2.75, 3.05) is 0 Å². The van der Waals surface area contributed by atoms with Crippen LogP contribution < -0.4 is 5.32 Å². The van der Waals surface area contributed by atoms with Crippen molar-refractivity contribution in [2.24, 2.45) is 0 Å². The molecule has 0 radical (unpaired) electrons. The molecule has 1 N–H and O–H groups in total. The smallest absolute Gasteiger partial charge is 0.224 e. The molecule has 0 fully saturated rings. The molecule has 0 unspecified atom stereocenters. The van der Waals surface area contributed by atoms with E-state index in [0.29, 0.717) is 18.0 Å². The summed E-state index contributed by atoms with van der Waals surface area (Å²) in [6.07, 6.45) is 5.49. The van der Waals surface area contributed by atoms with Crippen LogP contribution in [-0.4, -0.2) is 5.91 Å². The summed E-state index contributed by atoms with van der Waals surface area (Å²) in [6.45, 7) is 0.477. The number of benzene rings is 2.